The summed E-state index contributed by atoms with van der Waals surface area (Å²) in [4.78, 5) is 0. The third kappa shape index (κ3) is 2.16. The number of benzene rings is 1. The SMILES string of the molecule is Oc1cccc(C(F)(F)C2CCCCN2)c1. The first-order valence-corrected chi connectivity index (χ1v) is 5.51. The number of aromatic hydroxyl groups is 1. The highest BCUT2D eigenvalue weighted by atomic mass is 19.3. The van der Waals surface area contributed by atoms with Crippen molar-refractivity contribution in [1.82, 2.24) is 5.32 Å². The molecular formula is C12H15F2NO. The second-order valence-electron chi connectivity index (χ2n) is 4.18. The van der Waals surface area contributed by atoms with Crippen LogP contribution in [0, 0.1) is 0 Å². The van der Waals surface area contributed by atoms with Crippen LogP contribution >= 0.6 is 0 Å². The highest BCUT2D eigenvalue weighted by Crippen LogP contribution is 2.36. The molecule has 0 aromatic heterocycles. The summed E-state index contributed by atoms with van der Waals surface area (Å²) >= 11 is 0. The van der Waals surface area contributed by atoms with Gasteiger partial charge in [-0.2, -0.15) is 8.78 Å². The van der Waals surface area contributed by atoms with E-state index in [0.717, 1.165) is 18.9 Å². The summed E-state index contributed by atoms with van der Waals surface area (Å²) in [5.74, 6) is -3.04. The number of phenolic OH excluding ortho intramolecular Hbond substituents is 1. The third-order valence-electron chi connectivity index (χ3n) is 2.98. The van der Waals surface area contributed by atoms with E-state index < -0.39 is 12.0 Å². The largest absolute Gasteiger partial charge is 0.508 e. The Balaban J connectivity index is 2.22. The van der Waals surface area contributed by atoms with Crippen LogP contribution in [0.1, 0.15) is 24.8 Å². The van der Waals surface area contributed by atoms with Crippen molar-refractivity contribution in [2.24, 2.45) is 0 Å². The lowest BCUT2D eigenvalue weighted by molar-refractivity contribution is -0.0513. The molecule has 1 aromatic rings. The average molecular weight is 227 g/mol. The first-order chi connectivity index (χ1) is 7.60. The van der Waals surface area contributed by atoms with Crippen molar-refractivity contribution in [3.05, 3.63) is 29.8 Å². The fourth-order valence-corrected chi connectivity index (χ4v) is 2.08. The van der Waals surface area contributed by atoms with Gasteiger partial charge in [0.1, 0.15) is 5.75 Å². The van der Waals surface area contributed by atoms with E-state index in [0.29, 0.717) is 13.0 Å². The zero-order valence-electron chi connectivity index (χ0n) is 8.92. The predicted octanol–water partition coefficient (Wildman–Crippen LogP) is 2.63. The van der Waals surface area contributed by atoms with Gasteiger partial charge >= 0.3 is 0 Å². The lowest BCUT2D eigenvalue weighted by Gasteiger charge is -2.31. The topological polar surface area (TPSA) is 32.3 Å². The van der Waals surface area contributed by atoms with Crippen molar-refractivity contribution in [2.75, 3.05) is 6.54 Å². The molecule has 1 heterocycles. The van der Waals surface area contributed by atoms with Gasteiger partial charge in [0.2, 0.25) is 0 Å². The molecule has 4 heteroatoms. The Morgan fingerprint density at radius 2 is 2.12 bits per heavy atom. The van der Waals surface area contributed by atoms with E-state index in [9.17, 15) is 13.9 Å². The second-order valence-corrected chi connectivity index (χ2v) is 4.18. The number of halogens is 2. The molecule has 1 fully saturated rings. The van der Waals surface area contributed by atoms with Gasteiger partial charge in [-0.05, 0) is 31.5 Å². The molecule has 0 aliphatic carbocycles. The summed E-state index contributed by atoms with van der Waals surface area (Å²) < 4.78 is 28.1. The van der Waals surface area contributed by atoms with Crippen molar-refractivity contribution in [1.29, 1.82) is 0 Å². The molecule has 1 aliphatic rings. The Hall–Kier alpha value is -1.16. The van der Waals surface area contributed by atoms with Gasteiger partial charge in [0, 0.05) is 5.56 Å². The normalized spacial score (nSPS) is 22.0. The molecular weight excluding hydrogens is 212 g/mol. The number of phenols is 1. The van der Waals surface area contributed by atoms with Crippen molar-refractivity contribution >= 4 is 0 Å². The smallest absolute Gasteiger partial charge is 0.288 e. The number of hydrogen-bond acceptors (Lipinski definition) is 2. The quantitative estimate of drug-likeness (QED) is 0.814. The molecule has 1 saturated heterocycles. The first-order valence-electron chi connectivity index (χ1n) is 5.51. The highest BCUT2D eigenvalue weighted by Gasteiger charge is 2.41. The molecule has 0 saturated carbocycles. The summed E-state index contributed by atoms with van der Waals surface area (Å²) in [7, 11) is 0. The van der Waals surface area contributed by atoms with Crippen LogP contribution in [0.15, 0.2) is 24.3 Å². The van der Waals surface area contributed by atoms with Crippen LogP contribution in [-0.4, -0.2) is 17.7 Å². The van der Waals surface area contributed by atoms with Crippen LogP contribution in [0.5, 0.6) is 5.75 Å². The van der Waals surface area contributed by atoms with Gasteiger partial charge in [-0.1, -0.05) is 18.6 Å². The van der Waals surface area contributed by atoms with E-state index in [1.165, 1.54) is 18.2 Å². The van der Waals surface area contributed by atoms with Gasteiger partial charge in [0.15, 0.2) is 0 Å². The van der Waals surface area contributed by atoms with Crippen LogP contribution in [0.4, 0.5) is 8.78 Å². The van der Waals surface area contributed by atoms with Crippen molar-refractivity contribution < 1.29 is 13.9 Å². The standard InChI is InChI=1S/C12H15F2NO/c13-12(14,11-6-1-2-7-15-11)9-4-3-5-10(16)8-9/h3-5,8,11,15-16H,1-2,6-7H2. The van der Waals surface area contributed by atoms with Crippen LogP contribution < -0.4 is 5.32 Å². The average Bonchev–Trinajstić information content (AvgIpc) is 2.30. The van der Waals surface area contributed by atoms with Crippen LogP contribution in [0.3, 0.4) is 0 Å². The van der Waals surface area contributed by atoms with E-state index >= 15 is 0 Å². The number of piperidine rings is 1. The molecule has 16 heavy (non-hydrogen) atoms. The number of alkyl halides is 2. The Morgan fingerprint density at radius 3 is 2.75 bits per heavy atom. The van der Waals surface area contributed by atoms with E-state index in [2.05, 4.69) is 5.32 Å². The molecule has 0 radical (unpaired) electrons. The lowest BCUT2D eigenvalue weighted by atomic mass is 9.94. The zero-order valence-corrected chi connectivity index (χ0v) is 8.92. The van der Waals surface area contributed by atoms with Gasteiger partial charge < -0.3 is 10.4 Å². The monoisotopic (exact) mass is 227 g/mol. The fraction of sp³-hybridized carbons (Fsp3) is 0.500. The summed E-state index contributed by atoms with van der Waals surface area (Å²) in [5.41, 5.74) is -0.119. The van der Waals surface area contributed by atoms with Gasteiger partial charge in [-0.3, -0.25) is 0 Å². The Morgan fingerprint density at radius 1 is 1.31 bits per heavy atom. The molecule has 0 amide bonds. The van der Waals surface area contributed by atoms with Gasteiger partial charge in [0.05, 0.1) is 6.04 Å². The number of nitrogens with one attached hydrogen (secondary N) is 1. The Bertz CT molecular complexity index is 362. The molecule has 2 N–H and O–H groups in total. The molecule has 0 bridgehead atoms. The minimum Gasteiger partial charge on any atom is -0.508 e. The summed E-state index contributed by atoms with van der Waals surface area (Å²) in [6, 6.07) is 4.52. The lowest BCUT2D eigenvalue weighted by Crippen LogP contribution is -2.45. The Labute approximate surface area is 93.3 Å². The van der Waals surface area contributed by atoms with Gasteiger partial charge in [-0.15, -0.1) is 0 Å². The summed E-state index contributed by atoms with van der Waals surface area (Å²) in [6.07, 6.45) is 2.25. The fourth-order valence-electron chi connectivity index (χ4n) is 2.08. The molecule has 1 aromatic carbocycles. The molecule has 1 atom stereocenters. The van der Waals surface area contributed by atoms with Crippen molar-refractivity contribution in [2.45, 2.75) is 31.2 Å². The molecule has 1 unspecified atom stereocenters. The van der Waals surface area contributed by atoms with Gasteiger partial charge in [0.25, 0.3) is 5.92 Å². The zero-order chi connectivity index (χ0) is 11.6. The molecule has 0 spiro atoms. The minimum atomic E-state index is -2.92. The van der Waals surface area contributed by atoms with Crippen LogP contribution in [0.25, 0.3) is 0 Å². The van der Waals surface area contributed by atoms with E-state index in [4.69, 9.17) is 0 Å². The minimum absolute atomic E-state index is 0.118. The molecule has 2 nitrogen and oxygen atoms in total. The summed E-state index contributed by atoms with van der Waals surface area (Å²) in [6.45, 7) is 0.638. The molecule has 88 valence electrons. The van der Waals surface area contributed by atoms with E-state index in [-0.39, 0.29) is 11.3 Å². The van der Waals surface area contributed by atoms with Gasteiger partial charge in [-0.25, -0.2) is 0 Å². The first kappa shape index (κ1) is 11.3. The summed E-state index contributed by atoms with van der Waals surface area (Å²) in [5, 5.41) is 12.1. The molecule has 1 aliphatic heterocycles. The highest BCUT2D eigenvalue weighted by molar-refractivity contribution is 5.31. The number of rotatable bonds is 2. The van der Waals surface area contributed by atoms with Crippen LogP contribution in [0.2, 0.25) is 0 Å². The third-order valence-corrected chi connectivity index (χ3v) is 2.98. The second kappa shape index (κ2) is 4.37. The van der Waals surface area contributed by atoms with Crippen molar-refractivity contribution in [3.8, 4) is 5.75 Å². The number of hydrogen-bond donors (Lipinski definition) is 2. The maximum absolute atomic E-state index is 14.0. The maximum atomic E-state index is 14.0. The maximum Gasteiger partial charge on any atom is 0.288 e. The van der Waals surface area contributed by atoms with E-state index in [1.54, 1.807) is 0 Å². The Kier molecular flexibility index (Phi) is 3.10. The molecule has 2 rings (SSSR count). The van der Waals surface area contributed by atoms with Crippen molar-refractivity contribution in [3.63, 3.8) is 0 Å². The predicted molar refractivity (Wildman–Crippen MR) is 57.6 cm³/mol. The van der Waals surface area contributed by atoms with Crippen LogP contribution in [-0.2, 0) is 5.92 Å². The van der Waals surface area contributed by atoms with E-state index in [1.807, 2.05) is 0 Å².